The third kappa shape index (κ3) is 3.88. The molecule has 1 aromatic heterocycles. The van der Waals surface area contributed by atoms with E-state index in [9.17, 15) is 9.18 Å². The molecule has 2 unspecified atom stereocenters. The van der Waals surface area contributed by atoms with Gasteiger partial charge in [-0.3, -0.25) is 4.79 Å². The van der Waals surface area contributed by atoms with Crippen LogP contribution in [0.4, 0.5) is 4.39 Å². The average molecular weight is 292 g/mol. The van der Waals surface area contributed by atoms with Crippen LogP contribution < -0.4 is 11.1 Å². The Kier molecular flexibility index (Phi) is 4.87. The maximum atomic E-state index is 13.0. The second-order valence-electron chi connectivity index (χ2n) is 4.75. The van der Waals surface area contributed by atoms with Gasteiger partial charge in [-0.2, -0.15) is 0 Å². The molecular formula is C15H17FN2OS. The maximum Gasteiger partial charge on any atom is 0.222 e. The van der Waals surface area contributed by atoms with Gasteiger partial charge in [-0.05, 0) is 36.1 Å². The van der Waals surface area contributed by atoms with Gasteiger partial charge in [0, 0.05) is 17.3 Å². The number of carbonyl (C=O) groups is 1. The minimum Gasteiger partial charge on any atom is -0.344 e. The summed E-state index contributed by atoms with van der Waals surface area (Å²) >= 11 is 1.55. The van der Waals surface area contributed by atoms with Gasteiger partial charge < -0.3 is 11.1 Å². The summed E-state index contributed by atoms with van der Waals surface area (Å²) in [6.07, 6.45) is 0.267. The molecule has 3 N–H and O–H groups in total. The highest BCUT2D eigenvalue weighted by Crippen LogP contribution is 2.26. The minimum atomic E-state index is -0.291. The van der Waals surface area contributed by atoms with E-state index in [0.29, 0.717) is 0 Å². The standard InChI is InChI=1S/C15H17FN2OS/c1-10(17)9-14(19)18-15(13-3-2-8-20-13)11-4-6-12(16)7-5-11/h2-8,10,15H,9,17H2,1H3,(H,18,19). The lowest BCUT2D eigenvalue weighted by atomic mass is 10.0. The molecule has 1 aromatic carbocycles. The van der Waals surface area contributed by atoms with E-state index in [1.165, 1.54) is 12.1 Å². The van der Waals surface area contributed by atoms with E-state index in [-0.39, 0.29) is 30.2 Å². The summed E-state index contributed by atoms with van der Waals surface area (Å²) in [6.45, 7) is 1.79. The number of carbonyl (C=O) groups excluding carboxylic acids is 1. The summed E-state index contributed by atoms with van der Waals surface area (Å²) in [5.41, 5.74) is 6.49. The van der Waals surface area contributed by atoms with Crippen molar-refractivity contribution in [2.45, 2.75) is 25.4 Å². The third-order valence-corrected chi connectivity index (χ3v) is 3.78. The first kappa shape index (κ1) is 14.7. The van der Waals surface area contributed by atoms with Crippen LogP contribution in [0, 0.1) is 5.82 Å². The Balaban J connectivity index is 2.22. The first-order chi connectivity index (χ1) is 9.56. The fourth-order valence-electron chi connectivity index (χ4n) is 1.94. The monoisotopic (exact) mass is 292 g/mol. The van der Waals surface area contributed by atoms with Gasteiger partial charge in [0.05, 0.1) is 6.04 Å². The molecule has 0 aliphatic carbocycles. The minimum absolute atomic E-state index is 0.109. The van der Waals surface area contributed by atoms with Gasteiger partial charge in [-0.15, -0.1) is 11.3 Å². The molecule has 0 aliphatic heterocycles. The summed E-state index contributed by atoms with van der Waals surface area (Å²) in [5.74, 6) is -0.400. The summed E-state index contributed by atoms with van der Waals surface area (Å²) < 4.78 is 13.0. The number of rotatable bonds is 5. The van der Waals surface area contributed by atoms with E-state index < -0.39 is 0 Å². The fourth-order valence-corrected chi connectivity index (χ4v) is 2.74. The number of halogens is 1. The Hall–Kier alpha value is -1.72. The summed E-state index contributed by atoms with van der Waals surface area (Å²) in [6, 6.07) is 9.59. The van der Waals surface area contributed by atoms with Crippen molar-refractivity contribution in [3.63, 3.8) is 0 Å². The van der Waals surface area contributed by atoms with Gasteiger partial charge in [-0.25, -0.2) is 4.39 Å². The second-order valence-corrected chi connectivity index (χ2v) is 5.73. The highest BCUT2D eigenvalue weighted by Gasteiger charge is 2.18. The van der Waals surface area contributed by atoms with E-state index in [4.69, 9.17) is 5.73 Å². The van der Waals surface area contributed by atoms with Crippen molar-refractivity contribution < 1.29 is 9.18 Å². The van der Waals surface area contributed by atoms with Crippen molar-refractivity contribution in [3.8, 4) is 0 Å². The SMILES string of the molecule is CC(N)CC(=O)NC(c1ccc(F)cc1)c1cccs1. The average Bonchev–Trinajstić information content (AvgIpc) is 2.90. The van der Waals surface area contributed by atoms with Gasteiger partial charge in [0.2, 0.25) is 5.91 Å². The highest BCUT2D eigenvalue weighted by atomic mass is 32.1. The molecule has 3 nitrogen and oxygen atoms in total. The first-order valence-corrected chi connectivity index (χ1v) is 7.28. The second kappa shape index (κ2) is 6.63. The number of nitrogens with one attached hydrogen (secondary N) is 1. The molecule has 0 radical (unpaired) electrons. The number of hydrogen-bond acceptors (Lipinski definition) is 3. The van der Waals surface area contributed by atoms with Crippen LogP contribution in [0.25, 0.3) is 0 Å². The molecule has 0 saturated heterocycles. The topological polar surface area (TPSA) is 55.1 Å². The largest absolute Gasteiger partial charge is 0.344 e. The molecular weight excluding hydrogens is 275 g/mol. The predicted molar refractivity (Wildman–Crippen MR) is 79.0 cm³/mol. The van der Waals surface area contributed by atoms with Gasteiger partial charge in [-0.1, -0.05) is 18.2 Å². The number of benzene rings is 1. The molecule has 2 aromatic rings. The fraction of sp³-hybridized carbons (Fsp3) is 0.267. The van der Waals surface area contributed by atoms with Crippen LogP contribution in [-0.4, -0.2) is 11.9 Å². The van der Waals surface area contributed by atoms with E-state index in [1.807, 2.05) is 17.5 Å². The zero-order valence-corrected chi connectivity index (χ0v) is 12.0. The van der Waals surface area contributed by atoms with Crippen molar-refractivity contribution in [2.75, 3.05) is 0 Å². The van der Waals surface area contributed by atoms with Crippen LogP contribution in [0.2, 0.25) is 0 Å². The third-order valence-electron chi connectivity index (χ3n) is 2.84. The number of amides is 1. The molecule has 1 heterocycles. The molecule has 5 heteroatoms. The van der Waals surface area contributed by atoms with Gasteiger partial charge in [0.1, 0.15) is 5.82 Å². The van der Waals surface area contributed by atoms with Crippen molar-refractivity contribution in [1.29, 1.82) is 0 Å². The summed E-state index contributed by atoms with van der Waals surface area (Å²) in [4.78, 5) is 12.9. The Bertz CT molecular complexity index is 552. The maximum absolute atomic E-state index is 13.0. The van der Waals surface area contributed by atoms with Gasteiger partial charge in [0.15, 0.2) is 0 Å². The van der Waals surface area contributed by atoms with E-state index >= 15 is 0 Å². The Morgan fingerprint density at radius 3 is 2.60 bits per heavy atom. The van der Waals surface area contributed by atoms with Crippen LogP contribution in [-0.2, 0) is 4.79 Å². The zero-order valence-electron chi connectivity index (χ0n) is 11.2. The van der Waals surface area contributed by atoms with E-state index in [2.05, 4.69) is 5.32 Å². The Morgan fingerprint density at radius 2 is 2.05 bits per heavy atom. The Morgan fingerprint density at radius 1 is 1.35 bits per heavy atom. The van der Waals surface area contributed by atoms with Crippen molar-refractivity contribution >= 4 is 17.2 Å². The molecule has 0 aliphatic rings. The van der Waals surface area contributed by atoms with Crippen LogP contribution in [0.3, 0.4) is 0 Å². The van der Waals surface area contributed by atoms with Crippen LogP contribution in [0.15, 0.2) is 41.8 Å². The smallest absolute Gasteiger partial charge is 0.222 e. The van der Waals surface area contributed by atoms with E-state index in [0.717, 1.165) is 10.4 Å². The number of nitrogens with two attached hydrogens (primary N) is 1. The van der Waals surface area contributed by atoms with Crippen LogP contribution in [0.5, 0.6) is 0 Å². The van der Waals surface area contributed by atoms with Gasteiger partial charge in [0.25, 0.3) is 0 Å². The molecule has 0 saturated carbocycles. The lowest BCUT2D eigenvalue weighted by molar-refractivity contribution is -0.121. The van der Waals surface area contributed by atoms with Gasteiger partial charge >= 0.3 is 0 Å². The normalized spacial score (nSPS) is 13.8. The van der Waals surface area contributed by atoms with Crippen molar-refractivity contribution in [2.24, 2.45) is 5.73 Å². The molecule has 2 atom stereocenters. The number of thiophene rings is 1. The molecule has 0 bridgehead atoms. The lowest BCUT2D eigenvalue weighted by Gasteiger charge is -2.18. The molecule has 106 valence electrons. The highest BCUT2D eigenvalue weighted by molar-refractivity contribution is 7.10. The molecule has 0 fully saturated rings. The van der Waals surface area contributed by atoms with Crippen molar-refractivity contribution in [3.05, 3.63) is 58.0 Å². The Labute approximate surface area is 121 Å². The van der Waals surface area contributed by atoms with Crippen LogP contribution in [0.1, 0.15) is 29.8 Å². The molecule has 1 amide bonds. The molecule has 2 rings (SSSR count). The molecule has 20 heavy (non-hydrogen) atoms. The zero-order chi connectivity index (χ0) is 14.5. The quantitative estimate of drug-likeness (QED) is 0.890. The molecule has 0 spiro atoms. The van der Waals surface area contributed by atoms with Crippen molar-refractivity contribution in [1.82, 2.24) is 5.32 Å². The first-order valence-electron chi connectivity index (χ1n) is 6.40. The lowest BCUT2D eigenvalue weighted by Crippen LogP contribution is -2.33. The predicted octanol–water partition coefficient (Wildman–Crippen LogP) is 2.83. The van der Waals surface area contributed by atoms with Crippen LogP contribution >= 0.6 is 11.3 Å². The number of hydrogen-bond donors (Lipinski definition) is 2. The summed E-state index contributed by atoms with van der Waals surface area (Å²) in [5, 5.41) is 4.90. The summed E-state index contributed by atoms with van der Waals surface area (Å²) in [7, 11) is 0. The van der Waals surface area contributed by atoms with E-state index in [1.54, 1.807) is 30.4 Å².